The first-order chi connectivity index (χ1) is 11.1. The monoisotopic (exact) mass is 320 g/mol. The Bertz CT molecular complexity index is 515. The van der Waals surface area contributed by atoms with Crippen molar-refractivity contribution in [3.63, 3.8) is 0 Å². The summed E-state index contributed by atoms with van der Waals surface area (Å²) in [6.07, 6.45) is 2.92. The van der Waals surface area contributed by atoms with Crippen LogP contribution in [0.5, 0.6) is 0 Å². The van der Waals surface area contributed by atoms with Crippen LogP contribution in [-0.2, 0) is 11.3 Å². The molecular weight excluding hydrogens is 296 g/mol. The smallest absolute Gasteiger partial charge is 0.409 e. The number of likely N-dealkylation sites (tertiary alicyclic amines) is 1. The van der Waals surface area contributed by atoms with Gasteiger partial charge in [-0.25, -0.2) is 9.59 Å². The van der Waals surface area contributed by atoms with E-state index in [9.17, 15) is 9.59 Å². The fourth-order valence-corrected chi connectivity index (χ4v) is 2.51. The maximum Gasteiger partial charge on any atom is 0.409 e. The van der Waals surface area contributed by atoms with Crippen molar-refractivity contribution in [3.8, 4) is 0 Å². The average Bonchev–Trinajstić information content (AvgIpc) is 2.56. The Balaban J connectivity index is 1.75. The highest BCUT2D eigenvalue weighted by molar-refractivity contribution is 5.74. The predicted octanol–water partition coefficient (Wildman–Crippen LogP) is 1.84. The molecule has 0 radical (unpaired) electrons. The lowest BCUT2D eigenvalue weighted by Gasteiger charge is -2.32. The van der Waals surface area contributed by atoms with Gasteiger partial charge in [-0.3, -0.25) is 4.98 Å². The molecule has 0 aromatic carbocycles. The molecule has 1 aliphatic rings. The Morgan fingerprint density at radius 2 is 2.13 bits per heavy atom. The fourth-order valence-electron chi connectivity index (χ4n) is 2.51. The topological polar surface area (TPSA) is 74.8 Å². The number of nitrogens with zero attached hydrogens (tertiary/aromatic N) is 3. The highest BCUT2D eigenvalue weighted by Crippen LogP contribution is 2.12. The second kappa shape index (κ2) is 8.36. The predicted molar refractivity (Wildman–Crippen MR) is 85.9 cm³/mol. The van der Waals surface area contributed by atoms with E-state index in [-0.39, 0.29) is 18.2 Å². The number of nitrogens with one attached hydrogen (secondary N) is 1. The van der Waals surface area contributed by atoms with Crippen LogP contribution in [0.1, 0.15) is 25.5 Å². The van der Waals surface area contributed by atoms with E-state index in [1.54, 1.807) is 30.0 Å². The summed E-state index contributed by atoms with van der Waals surface area (Å²) in [6, 6.07) is 5.60. The van der Waals surface area contributed by atoms with Gasteiger partial charge in [0.25, 0.3) is 0 Å². The van der Waals surface area contributed by atoms with E-state index < -0.39 is 0 Å². The minimum absolute atomic E-state index is 0.0827. The second-order valence-corrected chi connectivity index (χ2v) is 5.59. The van der Waals surface area contributed by atoms with Gasteiger partial charge >= 0.3 is 12.1 Å². The molecule has 0 atom stereocenters. The number of rotatable bonds is 4. The molecule has 1 saturated heterocycles. The van der Waals surface area contributed by atoms with Crippen LogP contribution in [0.2, 0.25) is 0 Å². The second-order valence-electron chi connectivity index (χ2n) is 5.59. The van der Waals surface area contributed by atoms with Gasteiger partial charge in [-0.1, -0.05) is 6.07 Å². The highest BCUT2D eigenvalue weighted by Gasteiger charge is 2.25. The number of urea groups is 1. The number of ether oxygens (including phenoxy) is 1. The van der Waals surface area contributed by atoms with E-state index in [2.05, 4.69) is 10.3 Å². The SMILES string of the molecule is CCOC(=O)N1CCC(NC(=O)N(C)Cc2ccccn2)CC1. The highest BCUT2D eigenvalue weighted by atomic mass is 16.6. The summed E-state index contributed by atoms with van der Waals surface area (Å²) in [6.45, 7) is 3.85. The Hall–Kier alpha value is -2.31. The van der Waals surface area contributed by atoms with Gasteiger partial charge in [0.2, 0.25) is 0 Å². The molecule has 1 aliphatic heterocycles. The lowest BCUT2D eigenvalue weighted by molar-refractivity contribution is 0.0952. The molecule has 0 spiro atoms. The van der Waals surface area contributed by atoms with Crippen molar-refractivity contribution in [3.05, 3.63) is 30.1 Å². The summed E-state index contributed by atoms with van der Waals surface area (Å²) in [5, 5.41) is 3.01. The van der Waals surface area contributed by atoms with Crippen molar-refractivity contribution in [1.82, 2.24) is 20.1 Å². The molecule has 2 heterocycles. The third-order valence-electron chi connectivity index (χ3n) is 3.82. The molecule has 1 N–H and O–H groups in total. The lowest BCUT2D eigenvalue weighted by Crippen LogP contribution is -2.49. The molecule has 0 aliphatic carbocycles. The van der Waals surface area contributed by atoms with Crippen molar-refractivity contribution >= 4 is 12.1 Å². The third-order valence-corrected chi connectivity index (χ3v) is 3.82. The van der Waals surface area contributed by atoms with Crippen molar-refractivity contribution in [2.45, 2.75) is 32.4 Å². The molecule has 7 heteroatoms. The van der Waals surface area contributed by atoms with Gasteiger partial charge in [-0.05, 0) is 31.9 Å². The zero-order valence-corrected chi connectivity index (χ0v) is 13.7. The zero-order chi connectivity index (χ0) is 16.7. The molecule has 2 rings (SSSR count). The molecule has 0 bridgehead atoms. The van der Waals surface area contributed by atoms with Gasteiger partial charge in [-0.2, -0.15) is 0 Å². The maximum atomic E-state index is 12.2. The van der Waals surface area contributed by atoms with E-state index >= 15 is 0 Å². The van der Waals surface area contributed by atoms with Crippen LogP contribution in [-0.4, -0.2) is 59.7 Å². The number of aromatic nitrogens is 1. The van der Waals surface area contributed by atoms with Crippen LogP contribution in [0.15, 0.2) is 24.4 Å². The zero-order valence-electron chi connectivity index (χ0n) is 13.7. The Kier molecular flexibility index (Phi) is 6.19. The van der Waals surface area contributed by atoms with E-state index in [1.165, 1.54) is 0 Å². The quantitative estimate of drug-likeness (QED) is 0.918. The Morgan fingerprint density at radius 1 is 1.39 bits per heavy atom. The number of hydrogen-bond acceptors (Lipinski definition) is 4. The van der Waals surface area contributed by atoms with Crippen LogP contribution >= 0.6 is 0 Å². The first-order valence-corrected chi connectivity index (χ1v) is 7.93. The molecule has 23 heavy (non-hydrogen) atoms. The van der Waals surface area contributed by atoms with E-state index in [0.717, 1.165) is 18.5 Å². The largest absolute Gasteiger partial charge is 0.450 e. The molecule has 0 unspecified atom stereocenters. The summed E-state index contributed by atoms with van der Waals surface area (Å²) in [5.41, 5.74) is 0.849. The fraction of sp³-hybridized carbons (Fsp3) is 0.562. The summed E-state index contributed by atoms with van der Waals surface area (Å²) in [7, 11) is 1.75. The van der Waals surface area contributed by atoms with E-state index in [0.29, 0.717) is 26.2 Å². The number of hydrogen-bond donors (Lipinski definition) is 1. The standard InChI is InChI=1S/C16H24N4O3/c1-3-23-16(22)20-10-7-13(8-11-20)18-15(21)19(2)12-14-6-4-5-9-17-14/h4-6,9,13H,3,7-8,10-12H2,1-2H3,(H,18,21). The first kappa shape index (κ1) is 17.1. The van der Waals surface area contributed by atoms with Crippen molar-refractivity contribution in [2.24, 2.45) is 0 Å². The third kappa shape index (κ3) is 5.12. The van der Waals surface area contributed by atoms with E-state index in [4.69, 9.17) is 4.74 Å². The summed E-state index contributed by atoms with van der Waals surface area (Å²) in [4.78, 5) is 31.4. The molecule has 1 aromatic heterocycles. The molecule has 126 valence electrons. The number of carbonyl (C=O) groups excluding carboxylic acids is 2. The molecule has 7 nitrogen and oxygen atoms in total. The van der Waals surface area contributed by atoms with Gasteiger partial charge in [0, 0.05) is 32.4 Å². The van der Waals surface area contributed by atoms with Crippen LogP contribution in [0.4, 0.5) is 9.59 Å². The average molecular weight is 320 g/mol. The van der Waals surface area contributed by atoms with Crippen molar-refractivity contribution in [2.75, 3.05) is 26.7 Å². The summed E-state index contributed by atoms with van der Waals surface area (Å²) in [5.74, 6) is 0. The van der Waals surface area contributed by atoms with Crippen molar-refractivity contribution < 1.29 is 14.3 Å². The van der Waals surface area contributed by atoms with Gasteiger partial charge in [0.05, 0.1) is 18.8 Å². The van der Waals surface area contributed by atoms with Gasteiger partial charge < -0.3 is 19.9 Å². The van der Waals surface area contributed by atoms with Gasteiger partial charge in [0.15, 0.2) is 0 Å². The van der Waals surface area contributed by atoms with Crippen LogP contribution in [0.25, 0.3) is 0 Å². The van der Waals surface area contributed by atoms with E-state index in [1.807, 2.05) is 18.2 Å². The number of piperidine rings is 1. The molecule has 1 fully saturated rings. The molecule has 1 aromatic rings. The normalized spacial score (nSPS) is 15.1. The number of pyridine rings is 1. The molecule has 0 saturated carbocycles. The Labute approximate surface area is 136 Å². The number of amides is 3. The summed E-state index contributed by atoms with van der Waals surface area (Å²) < 4.78 is 4.99. The van der Waals surface area contributed by atoms with Crippen LogP contribution in [0.3, 0.4) is 0 Å². The van der Waals surface area contributed by atoms with Gasteiger partial charge in [0.1, 0.15) is 0 Å². The lowest BCUT2D eigenvalue weighted by atomic mass is 10.1. The van der Waals surface area contributed by atoms with Gasteiger partial charge in [-0.15, -0.1) is 0 Å². The molecule has 3 amide bonds. The van der Waals surface area contributed by atoms with Crippen LogP contribution < -0.4 is 5.32 Å². The first-order valence-electron chi connectivity index (χ1n) is 7.93. The minimum atomic E-state index is -0.274. The summed E-state index contributed by atoms with van der Waals surface area (Å²) >= 11 is 0. The van der Waals surface area contributed by atoms with Crippen LogP contribution in [0, 0.1) is 0 Å². The number of carbonyl (C=O) groups is 2. The maximum absolute atomic E-state index is 12.2. The minimum Gasteiger partial charge on any atom is -0.450 e. The molecular formula is C16H24N4O3. The Morgan fingerprint density at radius 3 is 2.74 bits per heavy atom. The van der Waals surface area contributed by atoms with Crippen molar-refractivity contribution in [1.29, 1.82) is 0 Å².